The molecule has 0 amide bonds. The Bertz CT molecular complexity index is 1200. The van der Waals surface area contributed by atoms with E-state index in [4.69, 9.17) is 4.74 Å². The molecule has 0 spiro atoms. The zero-order valence-electron chi connectivity index (χ0n) is 17.5. The van der Waals surface area contributed by atoms with E-state index in [1.165, 1.54) is 0 Å². The number of halogens is 5. The highest BCUT2D eigenvalue weighted by atomic mass is 19.2. The third-order valence-corrected chi connectivity index (χ3v) is 5.52. The van der Waals surface area contributed by atoms with Gasteiger partial charge in [0.15, 0.2) is 0 Å². The number of carbonyl (C=O) groups excluding carboxylic acids is 2. The van der Waals surface area contributed by atoms with Crippen molar-refractivity contribution in [3.8, 4) is 16.9 Å². The van der Waals surface area contributed by atoms with Crippen LogP contribution in [0.5, 0.6) is 5.75 Å². The smallest absolute Gasteiger partial charge is 0.311 e. The summed E-state index contributed by atoms with van der Waals surface area (Å²) in [5.74, 6) is -15.0. The van der Waals surface area contributed by atoms with Crippen LogP contribution in [0, 0.1) is 29.1 Å². The highest BCUT2D eigenvalue weighted by molar-refractivity contribution is 5.79. The van der Waals surface area contributed by atoms with Crippen molar-refractivity contribution < 1.29 is 41.0 Å². The molecule has 0 fully saturated rings. The van der Waals surface area contributed by atoms with Crippen molar-refractivity contribution in [2.45, 2.75) is 25.2 Å². The fraction of sp³-hybridized carbons (Fsp3) is 0.200. The van der Waals surface area contributed by atoms with Gasteiger partial charge in [0.1, 0.15) is 6.61 Å². The van der Waals surface area contributed by atoms with Crippen molar-refractivity contribution in [3.63, 3.8) is 0 Å². The number of hydrogen-bond donors (Lipinski definition) is 0. The number of ether oxygens (including phenoxy) is 2. The van der Waals surface area contributed by atoms with E-state index in [0.29, 0.717) is 0 Å². The van der Waals surface area contributed by atoms with E-state index in [9.17, 15) is 31.5 Å². The van der Waals surface area contributed by atoms with E-state index in [1.807, 2.05) is 48.5 Å². The molecule has 3 aromatic carbocycles. The standard InChI is InChI=1S/C25H17F5O4/c26-20-21(27)23(29)25(24(30)22(20)28)34-19(32)11-5-10-18(31)33-12-17-15-8-3-1-6-13(15)14-7-2-4-9-16(14)17/h1-4,6-9,17H,5,10-12H2. The molecule has 0 saturated heterocycles. The van der Waals surface area contributed by atoms with Crippen LogP contribution in [-0.2, 0) is 14.3 Å². The SMILES string of the molecule is O=C(CCCC(=O)Oc1c(F)c(F)c(F)c(F)c1F)OCC1c2ccccc2-c2ccccc21. The molecule has 0 radical (unpaired) electrons. The Balaban J connectivity index is 1.30. The minimum absolute atomic E-state index is 0.0852. The second kappa shape index (κ2) is 9.62. The molecule has 0 heterocycles. The second-order valence-corrected chi connectivity index (χ2v) is 7.64. The summed E-state index contributed by atoms with van der Waals surface area (Å²) in [7, 11) is 0. The van der Waals surface area contributed by atoms with Gasteiger partial charge in [0, 0.05) is 18.8 Å². The van der Waals surface area contributed by atoms with E-state index in [0.717, 1.165) is 22.3 Å². The summed E-state index contributed by atoms with van der Waals surface area (Å²) < 4.78 is 76.3. The zero-order chi connectivity index (χ0) is 24.4. The predicted octanol–water partition coefficient (Wildman–Crippen LogP) is 5.81. The van der Waals surface area contributed by atoms with Gasteiger partial charge < -0.3 is 9.47 Å². The summed E-state index contributed by atoms with van der Waals surface area (Å²) in [6, 6.07) is 15.6. The molecule has 1 aliphatic rings. The monoisotopic (exact) mass is 476 g/mol. The Kier molecular flexibility index (Phi) is 6.63. The molecular formula is C25H17F5O4. The molecule has 4 rings (SSSR count). The van der Waals surface area contributed by atoms with Crippen LogP contribution in [0.1, 0.15) is 36.3 Å². The van der Waals surface area contributed by atoms with Gasteiger partial charge in [-0.15, -0.1) is 0 Å². The number of fused-ring (bicyclic) bond motifs is 3. The lowest BCUT2D eigenvalue weighted by atomic mass is 9.98. The van der Waals surface area contributed by atoms with Crippen LogP contribution < -0.4 is 4.74 Å². The normalized spacial score (nSPS) is 12.3. The maximum absolute atomic E-state index is 13.6. The van der Waals surface area contributed by atoms with Gasteiger partial charge in [-0.3, -0.25) is 9.59 Å². The molecule has 0 saturated carbocycles. The fourth-order valence-corrected chi connectivity index (χ4v) is 3.90. The average Bonchev–Trinajstić information content (AvgIpc) is 3.16. The quantitative estimate of drug-likeness (QED) is 0.142. The van der Waals surface area contributed by atoms with Crippen LogP contribution in [-0.4, -0.2) is 18.5 Å². The topological polar surface area (TPSA) is 52.6 Å². The van der Waals surface area contributed by atoms with Crippen molar-refractivity contribution in [1.82, 2.24) is 0 Å². The van der Waals surface area contributed by atoms with Gasteiger partial charge in [0.05, 0.1) is 0 Å². The highest BCUT2D eigenvalue weighted by Gasteiger charge is 2.30. The summed E-state index contributed by atoms with van der Waals surface area (Å²) in [4.78, 5) is 24.0. The first-order valence-electron chi connectivity index (χ1n) is 10.4. The lowest BCUT2D eigenvalue weighted by Crippen LogP contribution is -2.15. The molecule has 176 valence electrons. The van der Waals surface area contributed by atoms with Gasteiger partial charge in [-0.2, -0.15) is 8.78 Å². The molecule has 0 unspecified atom stereocenters. The largest absolute Gasteiger partial charge is 0.465 e. The van der Waals surface area contributed by atoms with Gasteiger partial charge in [0.25, 0.3) is 0 Å². The third kappa shape index (κ3) is 4.37. The lowest BCUT2D eigenvalue weighted by Gasteiger charge is -2.14. The maximum atomic E-state index is 13.6. The predicted molar refractivity (Wildman–Crippen MR) is 110 cm³/mol. The molecule has 9 heteroatoms. The first-order chi connectivity index (χ1) is 16.3. The van der Waals surface area contributed by atoms with E-state index < -0.39 is 53.2 Å². The first kappa shape index (κ1) is 23.4. The number of carbonyl (C=O) groups is 2. The maximum Gasteiger partial charge on any atom is 0.311 e. The van der Waals surface area contributed by atoms with Crippen molar-refractivity contribution in [2.75, 3.05) is 6.61 Å². The Morgan fingerprint density at radius 1 is 0.676 bits per heavy atom. The van der Waals surface area contributed by atoms with Crippen molar-refractivity contribution in [3.05, 3.63) is 88.7 Å². The number of rotatable bonds is 7. The van der Waals surface area contributed by atoms with Crippen molar-refractivity contribution >= 4 is 11.9 Å². The molecule has 0 bridgehead atoms. The van der Waals surface area contributed by atoms with Crippen LogP contribution in [0.2, 0.25) is 0 Å². The Hall–Kier alpha value is -3.75. The van der Waals surface area contributed by atoms with Gasteiger partial charge in [-0.25, -0.2) is 13.2 Å². The lowest BCUT2D eigenvalue weighted by molar-refractivity contribution is -0.144. The van der Waals surface area contributed by atoms with Gasteiger partial charge >= 0.3 is 11.9 Å². The molecule has 1 aliphatic carbocycles. The van der Waals surface area contributed by atoms with Crippen molar-refractivity contribution in [2.24, 2.45) is 0 Å². The summed E-state index contributed by atoms with van der Waals surface area (Å²) >= 11 is 0. The summed E-state index contributed by atoms with van der Waals surface area (Å²) in [5.41, 5.74) is 4.19. The minimum atomic E-state index is -2.36. The van der Waals surface area contributed by atoms with Gasteiger partial charge in [-0.1, -0.05) is 48.5 Å². The molecule has 34 heavy (non-hydrogen) atoms. The van der Waals surface area contributed by atoms with Crippen LogP contribution >= 0.6 is 0 Å². The minimum Gasteiger partial charge on any atom is -0.465 e. The Labute approximate surface area is 190 Å². The molecule has 0 aromatic heterocycles. The van der Waals surface area contributed by atoms with Gasteiger partial charge in [0.2, 0.25) is 34.8 Å². The van der Waals surface area contributed by atoms with E-state index in [2.05, 4.69) is 4.74 Å². The summed E-state index contributed by atoms with van der Waals surface area (Å²) in [6.45, 7) is 0.0852. The van der Waals surface area contributed by atoms with E-state index in [1.54, 1.807) is 0 Å². The van der Waals surface area contributed by atoms with Gasteiger partial charge in [-0.05, 0) is 28.7 Å². The highest BCUT2D eigenvalue weighted by Crippen LogP contribution is 2.44. The molecule has 0 atom stereocenters. The number of benzene rings is 3. The third-order valence-electron chi connectivity index (χ3n) is 5.52. The van der Waals surface area contributed by atoms with E-state index >= 15 is 0 Å². The summed E-state index contributed by atoms with van der Waals surface area (Å²) in [5, 5.41) is 0. The van der Waals surface area contributed by atoms with Crippen LogP contribution in [0.25, 0.3) is 11.1 Å². The molecular weight excluding hydrogens is 459 g/mol. The van der Waals surface area contributed by atoms with E-state index in [-0.39, 0.29) is 25.4 Å². The number of esters is 2. The second-order valence-electron chi connectivity index (χ2n) is 7.64. The average molecular weight is 476 g/mol. The molecule has 4 nitrogen and oxygen atoms in total. The van der Waals surface area contributed by atoms with Crippen molar-refractivity contribution in [1.29, 1.82) is 0 Å². The molecule has 0 N–H and O–H groups in total. The number of hydrogen-bond acceptors (Lipinski definition) is 4. The summed E-state index contributed by atoms with van der Waals surface area (Å²) in [6.07, 6.45) is -0.809. The Morgan fingerprint density at radius 2 is 1.15 bits per heavy atom. The zero-order valence-corrected chi connectivity index (χ0v) is 17.5. The molecule has 3 aromatic rings. The Morgan fingerprint density at radius 3 is 1.71 bits per heavy atom. The molecule has 0 aliphatic heterocycles. The van der Waals surface area contributed by atoms with Crippen LogP contribution in [0.3, 0.4) is 0 Å². The first-order valence-corrected chi connectivity index (χ1v) is 10.4. The van der Waals surface area contributed by atoms with Crippen LogP contribution in [0.4, 0.5) is 22.0 Å². The van der Waals surface area contributed by atoms with Crippen LogP contribution in [0.15, 0.2) is 48.5 Å². The fourth-order valence-electron chi connectivity index (χ4n) is 3.90.